The number of benzene rings is 1. The average molecular weight is 175 g/mol. The van der Waals surface area contributed by atoms with E-state index in [0.29, 0.717) is 12.0 Å². The Bertz CT molecular complexity index is 361. The third-order valence-electron chi connectivity index (χ3n) is 1.82. The predicted octanol–water partition coefficient (Wildman–Crippen LogP) is 3.06. The van der Waals surface area contributed by atoms with Crippen molar-refractivity contribution in [3.05, 3.63) is 41.2 Å². The largest absolute Gasteiger partial charge is 0.207 e. The topological polar surface area (TPSA) is 23.8 Å². The second kappa shape index (κ2) is 4.42. The molecule has 0 bridgehead atoms. The molecule has 0 spiro atoms. The molecule has 0 N–H and O–H groups in total. The first kappa shape index (κ1) is 9.47. The van der Waals surface area contributed by atoms with Crippen LogP contribution < -0.4 is 0 Å². The number of nitriles is 1. The summed E-state index contributed by atoms with van der Waals surface area (Å²) in [6.45, 7) is 1.72. The van der Waals surface area contributed by atoms with Gasteiger partial charge in [0.2, 0.25) is 0 Å². The van der Waals surface area contributed by atoms with E-state index >= 15 is 0 Å². The summed E-state index contributed by atoms with van der Waals surface area (Å²) < 4.78 is 13.0. The van der Waals surface area contributed by atoms with Crippen LogP contribution in [0.2, 0.25) is 0 Å². The molecule has 1 aromatic carbocycles. The summed E-state index contributed by atoms with van der Waals surface area (Å²) >= 11 is 0. The summed E-state index contributed by atoms with van der Waals surface area (Å²) in [6.07, 6.45) is 3.85. The molecule has 0 fully saturated rings. The summed E-state index contributed by atoms with van der Waals surface area (Å²) in [5, 5.41) is 8.29. The molecule has 0 amide bonds. The smallest absolute Gasteiger partial charge is 0.126 e. The van der Waals surface area contributed by atoms with Crippen LogP contribution in [0.15, 0.2) is 24.3 Å². The van der Waals surface area contributed by atoms with Crippen molar-refractivity contribution in [1.82, 2.24) is 0 Å². The van der Waals surface area contributed by atoms with Gasteiger partial charge in [-0.15, -0.1) is 0 Å². The Morgan fingerprint density at radius 2 is 2.31 bits per heavy atom. The second-order valence-corrected chi connectivity index (χ2v) is 2.72. The Balaban J connectivity index is 2.90. The SMILES string of the molecule is Cc1c(F)cccc1C=CCC#N. The van der Waals surface area contributed by atoms with Gasteiger partial charge in [-0.2, -0.15) is 5.26 Å². The van der Waals surface area contributed by atoms with Gasteiger partial charge in [0.25, 0.3) is 0 Å². The first-order valence-corrected chi connectivity index (χ1v) is 4.04. The number of halogens is 1. The zero-order valence-electron chi connectivity index (χ0n) is 7.42. The van der Waals surface area contributed by atoms with E-state index < -0.39 is 0 Å². The van der Waals surface area contributed by atoms with Crippen molar-refractivity contribution in [2.45, 2.75) is 13.3 Å². The van der Waals surface area contributed by atoms with E-state index in [9.17, 15) is 4.39 Å². The maximum absolute atomic E-state index is 13.0. The Labute approximate surface area is 77.1 Å². The lowest BCUT2D eigenvalue weighted by Crippen LogP contribution is -1.85. The monoisotopic (exact) mass is 175 g/mol. The molecule has 0 atom stereocenters. The van der Waals surface area contributed by atoms with Gasteiger partial charge < -0.3 is 0 Å². The van der Waals surface area contributed by atoms with Crippen molar-refractivity contribution < 1.29 is 4.39 Å². The van der Waals surface area contributed by atoms with Crippen molar-refractivity contribution in [1.29, 1.82) is 5.26 Å². The highest BCUT2D eigenvalue weighted by Crippen LogP contribution is 2.13. The van der Waals surface area contributed by atoms with Crippen molar-refractivity contribution in [2.24, 2.45) is 0 Å². The molecule has 0 aromatic heterocycles. The minimum absolute atomic E-state index is 0.209. The highest BCUT2D eigenvalue weighted by atomic mass is 19.1. The zero-order chi connectivity index (χ0) is 9.68. The van der Waals surface area contributed by atoms with Crippen LogP contribution in [-0.2, 0) is 0 Å². The van der Waals surface area contributed by atoms with E-state index in [0.717, 1.165) is 5.56 Å². The molecule has 0 aliphatic heterocycles. The molecule has 0 heterocycles. The van der Waals surface area contributed by atoms with Gasteiger partial charge in [-0.1, -0.05) is 24.3 Å². The number of rotatable bonds is 2. The van der Waals surface area contributed by atoms with Crippen LogP contribution in [-0.4, -0.2) is 0 Å². The molecular formula is C11H10FN. The molecule has 2 heteroatoms. The molecule has 13 heavy (non-hydrogen) atoms. The molecule has 1 rings (SSSR count). The molecule has 0 radical (unpaired) electrons. The van der Waals surface area contributed by atoms with Crippen LogP contribution in [0.1, 0.15) is 17.5 Å². The summed E-state index contributed by atoms with van der Waals surface area (Å²) in [6, 6.07) is 6.91. The molecule has 66 valence electrons. The van der Waals surface area contributed by atoms with Gasteiger partial charge in [0.15, 0.2) is 0 Å². The van der Waals surface area contributed by atoms with E-state index in [-0.39, 0.29) is 5.82 Å². The summed E-state index contributed by atoms with van der Waals surface area (Å²) in [5.74, 6) is -0.209. The lowest BCUT2D eigenvalue weighted by atomic mass is 10.1. The number of nitrogens with zero attached hydrogens (tertiary/aromatic N) is 1. The quantitative estimate of drug-likeness (QED) is 0.677. The van der Waals surface area contributed by atoms with Crippen molar-refractivity contribution in [3.63, 3.8) is 0 Å². The van der Waals surface area contributed by atoms with Gasteiger partial charge in [0.1, 0.15) is 5.82 Å². The van der Waals surface area contributed by atoms with Gasteiger partial charge in [0.05, 0.1) is 12.5 Å². The second-order valence-electron chi connectivity index (χ2n) is 2.72. The minimum atomic E-state index is -0.209. The van der Waals surface area contributed by atoms with E-state index in [2.05, 4.69) is 0 Å². The first-order chi connectivity index (χ1) is 6.25. The van der Waals surface area contributed by atoms with Gasteiger partial charge >= 0.3 is 0 Å². The third kappa shape index (κ3) is 2.41. The molecule has 0 aliphatic rings. The molecule has 0 saturated carbocycles. The average Bonchev–Trinajstić information content (AvgIpc) is 2.13. The molecule has 1 nitrogen and oxygen atoms in total. The van der Waals surface area contributed by atoms with Gasteiger partial charge in [-0.05, 0) is 24.1 Å². The highest BCUT2D eigenvalue weighted by Gasteiger charge is 1.98. The Morgan fingerprint density at radius 1 is 1.54 bits per heavy atom. The molecule has 0 aliphatic carbocycles. The number of allylic oxidation sites excluding steroid dienone is 1. The van der Waals surface area contributed by atoms with Gasteiger partial charge in [-0.25, -0.2) is 4.39 Å². The van der Waals surface area contributed by atoms with E-state index in [1.807, 2.05) is 12.1 Å². The van der Waals surface area contributed by atoms with Crippen LogP contribution in [0, 0.1) is 24.1 Å². The Kier molecular flexibility index (Phi) is 3.22. The zero-order valence-corrected chi connectivity index (χ0v) is 7.42. The van der Waals surface area contributed by atoms with E-state index in [4.69, 9.17) is 5.26 Å². The van der Waals surface area contributed by atoms with Crippen molar-refractivity contribution >= 4 is 6.08 Å². The summed E-state index contributed by atoms with van der Waals surface area (Å²) in [7, 11) is 0. The lowest BCUT2D eigenvalue weighted by molar-refractivity contribution is 0.618. The summed E-state index contributed by atoms with van der Waals surface area (Å²) in [4.78, 5) is 0. The van der Waals surface area contributed by atoms with Crippen molar-refractivity contribution in [3.8, 4) is 6.07 Å². The van der Waals surface area contributed by atoms with Gasteiger partial charge in [-0.3, -0.25) is 0 Å². The molecule has 1 aromatic rings. The van der Waals surface area contributed by atoms with Crippen LogP contribution in [0.5, 0.6) is 0 Å². The Morgan fingerprint density at radius 3 is 3.00 bits per heavy atom. The van der Waals surface area contributed by atoms with Crippen molar-refractivity contribution in [2.75, 3.05) is 0 Å². The molecule has 0 saturated heterocycles. The molecule has 0 unspecified atom stereocenters. The van der Waals surface area contributed by atoms with Crippen LogP contribution in [0.25, 0.3) is 6.08 Å². The standard InChI is InChI=1S/C11H10FN/c1-9-10(5-2-3-8-13)6-4-7-11(9)12/h2,4-7H,3H2,1H3. The van der Waals surface area contributed by atoms with Crippen LogP contribution in [0.3, 0.4) is 0 Å². The van der Waals surface area contributed by atoms with E-state index in [1.165, 1.54) is 6.07 Å². The number of hydrogen-bond donors (Lipinski definition) is 0. The predicted molar refractivity (Wildman–Crippen MR) is 50.4 cm³/mol. The third-order valence-corrected chi connectivity index (χ3v) is 1.82. The highest BCUT2D eigenvalue weighted by molar-refractivity contribution is 5.53. The fourth-order valence-electron chi connectivity index (χ4n) is 1.04. The summed E-state index contributed by atoms with van der Waals surface area (Å²) in [5.41, 5.74) is 1.45. The fraction of sp³-hybridized carbons (Fsp3) is 0.182. The minimum Gasteiger partial charge on any atom is -0.207 e. The first-order valence-electron chi connectivity index (χ1n) is 4.04. The molecular weight excluding hydrogens is 165 g/mol. The number of hydrogen-bond acceptors (Lipinski definition) is 1. The Hall–Kier alpha value is -1.62. The lowest BCUT2D eigenvalue weighted by Gasteiger charge is -1.99. The maximum Gasteiger partial charge on any atom is 0.126 e. The maximum atomic E-state index is 13.0. The van der Waals surface area contributed by atoms with Gasteiger partial charge in [0, 0.05) is 0 Å². The fourth-order valence-corrected chi connectivity index (χ4v) is 1.04. The normalized spacial score (nSPS) is 10.2. The van der Waals surface area contributed by atoms with Crippen LogP contribution in [0.4, 0.5) is 4.39 Å². The van der Waals surface area contributed by atoms with E-state index in [1.54, 1.807) is 25.1 Å². The van der Waals surface area contributed by atoms with Crippen LogP contribution >= 0.6 is 0 Å².